The molecule has 0 unspecified atom stereocenters. The van der Waals surface area contributed by atoms with Crippen molar-refractivity contribution in [3.8, 4) is 5.75 Å². The molecule has 1 aromatic carbocycles. The summed E-state index contributed by atoms with van der Waals surface area (Å²) in [7, 11) is 0. The molecule has 0 amide bonds. The molecule has 0 bridgehead atoms. The van der Waals surface area contributed by atoms with Crippen molar-refractivity contribution in [2.24, 2.45) is 0 Å². The molecular formula is C9H5BrCl2F2O2. The van der Waals surface area contributed by atoms with Gasteiger partial charge in [-0.3, -0.25) is 4.79 Å². The fourth-order valence-electron chi connectivity index (χ4n) is 1.05. The summed E-state index contributed by atoms with van der Waals surface area (Å²) in [4.78, 5) is 11.4. The average Bonchev–Trinajstić information content (AvgIpc) is 2.20. The zero-order valence-electron chi connectivity index (χ0n) is 7.65. The van der Waals surface area contributed by atoms with Gasteiger partial charge in [-0.25, -0.2) is 0 Å². The Hall–Kier alpha value is -0.390. The minimum atomic E-state index is -3.06. The number of rotatable bonds is 4. The fraction of sp³-hybridized carbons (Fsp3) is 0.222. The lowest BCUT2D eigenvalue weighted by Crippen LogP contribution is -2.09. The topological polar surface area (TPSA) is 26.3 Å². The minimum Gasteiger partial charge on any atom is -0.432 e. The molecule has 0 atom stereocenters. The quantitative estimate of drug-likeness (QED) is 0.610. The van der Waals surface area contributed by atoms with Crippen LogP contribution < -0.4 is 4.74 Å². The molecule has 1 rings (SSSR count). The van der Waals surface area contributed by atoms with Gasteiger partial charge < -0.3 is 4.74 Å². The molecule has 7 heteroatoms. The van der Waals surface area contributed by atoms with Crippen LogP contribution in [0.15, 0.2) is 12.1 Å². The average molecular weight is 334 g/mol. The zero-order valence-corrected chi connectivity index (χ0v) is 10.7. The van der Waals surface area contributed by atoms with Gasteiger partial charge in [-0.2, -0.15) is 8.78 Å². The molecule has 0 fully saturated rings. The maximum Gasteiger partial charge on any atom is 0.387 e. The van der Waals surface area contributed by atoms with Crippen molar-refractivity contribution in [1.82, 2.24) is 0 Å². The normalized spacial score (nSPS) is 10.6. The zero-order chi connectivity index (χ0) is 12.3. The van der Waals surface area contributed by atoms with Gasteiger partial charge in [0, 0.05) is 5.02 Å². The number of hydrogen-bond acceptors (Lipinski definition) is 2. The highest BCUT2D eigenvalue weighted by Crippen LogP contribution is 2.34. The summed E-state index contributed by atoms with van der Waals surface area (Å²) in [5.74, 6) is -0.800. The molecule has 0 aromatic heterocycles. The highest BCUT2D eigenvalue weighted by molar-refractivity contribution is 9.09. The van der Waals surface area contributed by atoms with Crippen molar-refractivity contribution in [2.75, 3.05) is 5.33 Å². The molecule has 0 aliphatic rings. The van der Waals surface area contributed by atoms with Gasteiger partial charge in [-0.15, -0.1) is 0 Å². The van der Waals surface area contributed by atoms with Gasteiger partial charge in [-0.05, 0) is 12.1 Å². The van der Waals surface area contributed by atoms with Crippen molar-refractivity contribution in [2.45, 2.75) is 6.61 Å². The van der Waals surface area contributed by atoms with E-state index in [0.717, 1.165) is 0 Å². The van der Waals surface area contributed by atoms with E-state index in [-0.39, 0.29) is 26.7 Å². The summed E-state index contributed by atoms with van der Waals surface area (Å²) >= 11 is 14.3. The van der Waals surface area contributed by atoms with E-state index in [0.29, 0.717) is 0 Å². The first-order valence-electron chi connectivity index (χ1n) is 3.98. The number of ether oxygens (including phenoxy) is 1. The van der Waals surface area contributed by atoms with Crippen LogP contribution in [0.5, 0.6) is 5.75 Å². The number of alkyl halides is 3. The summed E-state index contributed by atoms with van der Waals surface area (Å²) in [6.45, 7) is -3.06. The Kier molecular flexibility index (Phi) is 4.95. The lowest BCUT2D eigenvalue weighted by Gasteiger charge is -2.11. The first-order valence-corrected chi connectivity index (χ1v) is 5.86. The molecule has 0 heterocycles. The molecule has 16 heavy (non-hydrogen) atoms. The lowest BCUT2D eigenvalue weighted by molar-refractivity contribution is -0.0500. The SMILES string of the molecule is O=C(CBr)c1cc(Cl)cc(Cl)c1OC(F)F. The number of halogens is 5. The number of carbonyl (C=O) groups is 1. The van der Waals surface area contributed by atoms with Crippen LogP contribution in [0.25, 0.3) is 0 Å². The molecule has 0 radical (unpaired) electrons. The highest BCUT2D eigenvalue weighted by atomic mass is 79.9. The number of ketones is 1. The second-order valence-corrected chi connectivity index (χ2v) is 4.10. The monoisotopic (exact) mass is 332 g/mol. The molecule has 0 saturated carbocycles. The second kappa shape index (κ2) is 5.80. The Morgan fingerprint density at radius 3 is 2.56 bits per heavy atom. The van der Waals surface area contributed by atoms with Gasteiger partial charge >= 0.3 is 6.61 Å². The fourth-order valence-corrected chi connectivity index (χ4v) is 1.89. The Bertz CT molecular complexity index is 413. The molecule has 0 N–H and O–H groups in total. The van der Waals surface area contributed by atoms with Gasteiger partial charge in [0.2, 0.25) is 0 Å². The molecule has 0 aliphatic heterocycles. The van der Waals surface area contributed by atoms with Crippen molar-refractivity contribution in [1.29, 1.82) is 0 Å². The van der Waals surface area contributed by atoms with Crippen molar-refractivity contribution >= 4 is 44.9 Å². The van der Waals surface area contributed by atoms with Crippen molar-refractivity contribution in [3.63, 3.8) is 0 Å². The van der Waals surface area contributed by atoms with E-state index in [1.54, 1.807) is 0 Å². The van der Waals surface area contributed by atoms with Crippen LogP contribution in [0.1, 0.15) is 10.4 Å². The number of carbonyl (C=O) groups excluding carboxylic acids is 1. The van der Waals surface area contributed by atoms with E-state index >= 15 is 0 Å². The third-order valence-corrected chi connectivity index (χ3v) is 2.65. The third kappa shape index (κ3) is 3.30. The Morgan fingerprint density at radius 2 is 2.06 bits per heavy atom. The Balaban J connectivity index is 3.26. The van der Waals surface area contributed by atoms with Crippen molar-refractivity contribution < 1.29 is 18.3 Å². The van der Waals surface area contributed by atoms with E-state index in [2.05, 4.69) is 20.7 Å². The number of hydrogen-bond donors (Lipinski definition) is 0. The van der Waals surface area contributed by atoms with Gasteiger partial charge in [0.1, 0.15) is 0 Å². The van der Waals surface area contributed by atoms with Crippen LogP contribution in [0.2, 0.25) is 10.0 Å². The smallest absolute Gasteiger partial charge is 0.387 e. The highest BCUT2D eigenvalue weighted by Gasteiger charge is 2.19. The van der Waals surface area contributed by atoms with E-state index in [9.17, 15) is 13.6 Å². The Morgan fingerprint density at radius 1 is 1.44 bits per heavy atom. The van der Waals surface area contributed by atoms with Crippen LogP contribution in [-0.2, 0) is 0 Å². The number of benzene rings is 1. The van der Waals surface area contributed by atoms with Gasteiger partial charge in [-0.1, -0.05) is 39.1 Å². The molecule has 88 valence electrons. The molecule has 0 aliphatic carbocycles. The standard InChI is InChI=1S/C9H5BrCl2F2O2/c10-3-7(15)5-1-4(11)2-6(12)8(5)16-9(13)14/h1-2,9H,3H2. The summed E-state index contributed by atoms with van der Waals surface area (Å²) < 4.78 is 28.4. The van der Waals surface area contributed by atoms with Crippen LogP contribution in [0.4, 0.5) is 8.78 Å². The van der Waals surface area contributed by atoms with Gasteiger partial charge in [0.25, 0.3) is 0 Å². The summed E-state index contributed by atoms with van der Waals surface area (Å²) in [5, 5.41) is 0.0107. The number of Topliss-reactive ketones (excluding diaryl/α,β-unsaturated/α-hetero) is 1. The molecule has 1 aromatic rings. The van der Waals surface area contributed by atoms with Gasteiger partial charge in [0.05, 0.1) is 15.9 Å². The van der Waals surface area contributed by atoms with Crippen LogP contribution in [0.3, 0.4) is 0 Å². The largest absolute Gasteiger partial charge is 0.432 e. The van der Waals surface area contributed by atoms with E-state index in [4.69, 9.17) is 23.2 Å². The third-order valence-electron chi connectivity index (χ3n) is 1.64. The van der Waals surface area contributed by atoms with Crippen LogP contribution in [-0.4, -0.2) is 17.7 Å². The maximum atomic E-state index is 12.1. The first kappa shape index (κ1) is 13.7. The summed E-state index contributed by atoms with van der Waals surface area (Å²) in [6.07, 6.45) is 0. The van der Waals surface area contributed by atoms with Crippen molar-refractivity contribution in [3.05, 3.63) is 27.7 Å². The molecule has 0 saturated heterocycles. The maximum absolute atomic E-state index is 12.1. The summed E-state index contributed by atoms with van der Waals surface area (Å²) in [5.41, 5.74) is -0.0744. The predicted octanol–water partition coefficient (Wildman–Crippen LogP) is 4.17. The second-order valence-electron chi connectivity index (χ2n) is 2.70. The summed E-state index contributed by atoms with van der Waals surface area (Å²) in [6, 6.07) is 2.46. The predicted molar refractivity (Wildman–Crippen MR) is 61.2 cm³/mol. The molecule has 0 spiro atoms. The molecule has 2 nitrogen and oxygen atoms in total. The molecular weight excluding hydrogens is 329 g/mol. The first-order chi connectivity index (χ1) is 7.45. The van der Waals surface area contributed by atoms with E-state index in [1.807, 2.05) is 0 Å². The lowest BCUT2D eigenvalue weighted by atomic mass is 10.1. The minimum absolute atomic E-state index is 0.0384. The van der Waals surface area contributed by atoms with Crippen LogP contribution >= 0.6 is 39.1 Å². The van der Waals surface area contributed by atoms with E-state index in [1.165, 1.54) is 12.1 Å². The van der Waals surface area contributed by atoms with Gasteiger partial charge in [0.15, 0.2) is 11.5 Å². The Labute approximate surface area is 109 Å². The van der Waals surface area contributed by atoms with E-state index < -0.39 is 12.4 Å². The van der Waals surface area contributed by atoms with Crippen LogP contribution in [0, 0.1) is 0 Å².